The van der Waals surface area contributed by atoms with Crippen LogP contribution < -0.4 is 10.2 Å². The number of anilines is 1. The number of nitrogens with zero attached hydrogens (tertiary/aromatic N) is 1. The van der Waals surface area contributed by atoms with Crippen molar-refractivity contribution in [1.82, 2.24) is 0 Å². The quantitative estimate of drug-likeness (QED) is 0.692. The molecule has 0 aliphatic carbocycles. The zero-order chi connectivity index (χ0) is 12.5. The Morgan fingerprint density at radius 1 is 1.33 bits per heavy atom. The summed E-state index contributed by atoms with van der Waals surface area (Å²) in [5.74, 6) is 0.0733. The maximum atomic E-state index is 12.3. The number of likely N-dealkylation sites (N-methyl/N-ethyl adjacent to an activating group) is 1. The summed E-state index contributed by atoms with van der Waals surface area (Å²) in [4.78, 5) is 14.1. The molecule has 1 saturated heterocycles. The molecule has 2 aliphatic heterocycles. The summed E-state index contributed by atoms with van der Waals surface area (Å²) in [6, 6.07) is 7.66. The van der Waals surface area contributed by atoms with Crippen LogP contribution in [0.15, 0.2) is 24.3 Å². The fraction of sp³-hybridized carbons (Fsp3) is 0.462. The Morgan fingerprint density at radius 3 is 2.94 bits per heavy atom. The summed E-state index contributed by atoms with van der Waals surface area (Å²) < 4.78 is 11.0. The molecule has 2 atom stereocenters. The highest BCUT2D eigenvalue weighted by atomic mass is 16.6. The Morgan fingerprint density at radius 2 is 2.17 bits per heavy atom. The van der Waals surface area contributed by atoms with E-state index in [4.69, 9.17) is 9.47 Å². The summed E-state index contributed by atoms with van der Waals surface area (Å²) >= 11 is 0. The summed E-state index contributed by atoms with van der Waals surface area (Å²) in [6.45, 7) is 1.67. The maximum Gasteiger partial charge on any atom is 0.288 e. The molecule has 3 rings (SSSR count). The van der Waals surface area contributed by atoms with Crippen molar-refractivity contribution in [2.75, 3.05) is 31.8 Å². The monoisotopic (exact) mass is 249 g/mol. The molecule has 18 heavy (non-hydrogen) atoms. The number of hydrogen-bond donors (Lipinski definition) is 1. The number of amides is 1. The van der Waals surface area contributed by atoms with Gasteiger partial charge in [-0.1, -0.05) is 12.1 Å². The first-order valence-corrected chi connectivity index (χ1v) is 6.18. The third-order valence-corrected chi connectivity index (χ3v) is 3.52. The standard InChI is InChI=1S/C13H16N2O3/c1-15-10-5-3-2-4-9(10)14-12(13(15)16)11-8-17-6-7-18-11/h2-5,11-12,14H,6-8H2,1H3/p+1. The molecule has 2 aliphatic rings. The van der Waals surface area contributed by atoms with Crippen molar-refractivity contribution in [2.24, 2.45) is 0 Å². The van der Waals surface area contributed by atoms with Crippen LogP contribution in [0, 0.1) is 0 Å². The summed E-state index contributed by atoms with van der Waals surface area (Å²) in [5.41, 5.74) is 2.04. The van der Waals surface area contributed by atoms with Crippen LogP contribution in [-0.4, -0.2) is 44.9 Å². The van der Waals surface area contributed by atoms with E-state index in [1.807, 2.05) is 36.6 Å². The zero-order valence-electron chi connectivity index (χ0n) is 10.3. The van der Waals surface area contributed by atoms with E-state index in [2.05, 4.69) is 0 Å². The van der Waals surface area contributed by atoms with Gasteiger partial charge in [-0.3, -0.25) is 10.1 Å². The Hall–Kier alpha value is -1.43. The van der Waals surface area contributed by atoms with Crippen LogP contribution in [0.5, 0.6) is 0 Å². The average molecular weight is 249 g/mol. The molecule has 2 unspecified atom stereocenters. The smallest absolute Gasteiger partial charge is 0.288 e. The van der Waals surface area contributed by atoms with Crippen molar-refractivity contribution < 1.29 is 19.6 Å². The largest absolute Gasteiger partial charge is 0.376 e. The van der Waals surface area contributed by atoms with E-state index in [-0.39, 0.29) is 18.1 Å². The molecule has 0 bridgehead atoms. The molecule has 1 aromatic rings. The molecule has 5 heteroatoms. The van der Waals surface area contributed by atoms with Gasteiger partial charge in [-0.25, -0.2) is 0 Å². The van der Waals surface area contributed by atoms with Gasteiger partial charge in [0.2, 0.25) is 0 Å². The van der Waals surface area contributed by atoms with E-state index in [0.717, 1.165) is 11.4 Å². The molecular formula is C13H17N2O3+. The Bertz CT molecular complexity index is 457. The number of rotatable bonds is 1. The van der Waals surface area contributed by atoms with Crippen LogP contribution >= 0.6 is 0 Å². The van der Waals surface area contributed by atoms with Gasteiger partial charge in [0.05, 0.1) is 19.8 Å². The molecule has 0 aromatic heterocycles. The Balaban J connectivity index is 1.88. The van der Waals surface area contributed by atoms with Crippen LogP contribution in [0.2, 0.25) is 0 Å². The number of nitrogens with two attached hydrogens (primary N) is 1. The molecule has 1 amide bonds. The van der Waals surface area contributed by atoms with Crippen LogP contribution in [-0.2, 0) is 14.3 Å². The third-order valence-electron chi connectivity index (χ3n) is 3.52. The molecule has 1 fully saturated rings. The van der Waals surface area contributed by atoms with Gasteiger partial charge in [-0.2, -0.15) is 0 Å². The zero-order valence-corrected chi connectivity index (χ0v) is 10.3. The van der Waals surface area contributed by atoms with Crippen LogP contribution in [0.1, 0.15) is 0 Å². The number of ether oxygens (including phenoxy) is 2. The topological polar surface area (TPSA) is 55.4 Å². The number of carbonyl (C=O) groups excluding carboxylic acids is 1. The Kier molecular flexibility index (Phi) is 3.03. The van der Waals surface area contributed by atoms with Gasteiger partial charge in [-0.15, -0.1) is 0 Å². The summed E-state index contributed by atoms with van der Waals surface area (Å²) in [6.07, 6.45) is -0.165. The molecule has 1 aromatic carbocycles. The van der Waals surface area contributed by atoms with Gasteiger partial charge in [-0.05, 0) is 6.07 Å². The highest BCUT2D eigenvalue weighted by Gasteiger charge is 2.41. The van der Waals surface area contributed by atoms with Crippen LogP contribution in [0.4, 0.5) is 11.4 Å². The minimum absolute atomic E-state index is 0.0733. The van der Waals surface area contributed by atoms with E-state index in [1.54, 1.807) is 4.90 Å². The van der Waals surface area contributed by atoms with Crippen molar-refractivity contribution in [2.45, 2.75) is 12.1 Å². The van der Waals surface area contributed by atoms with Gasteiger partial charge in [0.15, 0.2) is 11.7 Å². The lowest BCUT2D eigenvalue weighted by Crippen LogP contribution is -2.93. The normalized spacial score (nSPS) is 28.1. The summed E-state index contributed by atoms with van der Waals surface area (Å²) in [7, 11) is 1.81. The van der Waals surface area contributed by atoms with Crippen molar-refractivity contribution >= 4 is 17.3 Å². The number of quaternary nitrogens is 1. The second-order valence-electron chi connectivity index (χ2n) is 4.63. The van der Waals surface area contributed by atoms with E-state index in [0.29, 0.717) is 19.8 Å². The molecule has 0 saturated carbocycles. The third kappa shape index (κ3) is 1.90. The van der Waals surface area contributed by atoms with E-state index < -0.39 is 0 Å². The predicted octanol–water partition coefficient (Wildman–Crippen LogP) is -0.358. The van der Waals surface area contributed by atoms with E-state index in [9.17, 15) is 4.79 Å². The first-order chi connectivity index (χ1) is 8.77. The second kappa shape index (κ2) is 4.68. The highest BCUT2D eigenvalue weighted by Crippen LogP contribution is 2.25. The van der Waals surface area contributed by atoms with Gasteiger partial charge in [0.1, 0.15) is 11.8 Å². The van der Waals surface area contributed by atoms with Crippen molar-refractivity contribution in [3.63, 3.8) is 0 Å². The summed E-state index contributed by atoms with van der Waals surface area (Å²) in [5, 5.41) is 2.00. The first-order valence-electron chi connectivity index (χ1n) is 6.18. The highest BCUT2D eigenvalue weighted by molar-refractivity contribution is 5.99. The lowest BCUT2D eigenvalue weighted by atomic mass is 10.0. The molecule has 96 valence electrons. The van der Waals surface area contributed by atoms with Crippen molar-refractivity contribution in [3.05, 3.63) is 24.3 Å². The number of fused-ring (bicyclic) bond motifs is 1. The van der Waals surface area contributed by atoms with Crippen molar-refractivity contribution in [3.8, 4) is 0 Å². The fourth-order valence-corrected chi connectivity index (χ4v) is 2.52. The molecule has 2 heterocycles. The minimum Gasteiger partial charge on any atom is -0.376 e. The fourth-order valence-electron chi connectivity index (χ4n) is 2.52. The van der Waals surface area contributed by atoms with Gasteiger partial charge in [0.25, 0.3) is 5.91 Å². The number of benzene rings is 1. The molecular weight excluding hydrogens is 232 g/mol. The van der Waals surface area contributed by atoms with Gasteiger partial charge < -0.3 is 14.4 Å². The Labute approximate surface area is 106 Å². The number of hydrogen-bond acceptors (Lipinski definition) is 3. The van der Waals surface area contributed by atoms with E-state index in [1.165, 1.54) is 0 Å². The number of para-hydroxylation sites is 2. The van der Waals surface area contributed by atoms with Crippen LogP contribution in [0.3, 0.4) is 0 Å². The van der Waals surface area contributed by atoms with Gasteiger partial charge >= 0.3 is 0 Å². The number of carbonyl (C=O) groups is 1. The molecule has 0 radical (unpaired) electrons. The van der Waals surface area contributed by atoms with Crippen molar-refractivity contribution in [1.29, 1.82) is 0 Å². The first kappa shape index (κ1) is 11.6. The maximum absolute atomic E-state index is 12.3. The van der Waals surface area contributed by atoms with Crippen LogP contribution in [0.25, 0.3) is 0 Å². The molecule has 2 N–H and O–H groups in total. The second-order valence-corrected chi connectivity index (χ2v) is 4.63. The van der Waals surface area contributed by atoms with Gasteiger partial charge in [0, 0.05) is 13.1 Å². The molecule has 0 spiro atoms. The predicted molar refractivity (Wildman–Crippen MR) is 65.8 cm³/mol. The molecule has 5 nitrogen and oxygen atoms in total. The minimum atomic E-state index is -0.245. The average Bonchev–Trinajstić information content (AvgIpc) is 2.44. The lowest BCUT2D eigenvalue weighted by molar-refractivity contribution is -0.609. The SMILES string of the molecule is CN1C(=O)C(C2COCCO2)[NH2+]c2ccccc21. The lowest BCUT2D eigenvalue weighted by Gasteiger charge is -2.34. The van der Waals surface area contributed by atoms with E-state index >= 15 is 0 Å².